The highest BCUT2D eigenvalue weighted by molar-refractivity contribution is 5.06. The summed E-state index contributed by atoms with van der Waals surface area (Å²) in [5.74, 6) is 5.54. The van der Waals surface area contributed by atoms with Crippen molar-refractivity contribution in [2.75, 3.05) is 26.9 Å². The third-order valence-corrected chi connectivity index (χ3v) is 2.46. The van der Waals surface area contributed by atoms with Gasteiger partial charge in [0.25, 0.3) is 0 Å². The number of nitrogens with two attached hydrogens (primary N) is 1. The monoisotopic (exact) mass is 242 g/mol. The van der Waals surface area contributed by atoms with Crippen molar-refractivity contribution in [3.63, 3.8) is 0 Å². The molecule has 0 aliphatic rings. The molecule has 0 fully saturated rings. The fourth-order valence-electron chi connectivity index (χ4n) is 1.60. The molecule has 0 aliphatic carbocycles. The predicted molar refractivity (Wildman–Crippen MR) is 65.3 cm³/mol. The minimum atomic E-state index is -0.0408. The Hall–Kier alpha value is -0.950. The van der Waals surface area contributed by atoms with Crippen molar-refractivity contribution < 1.29 is 9.47 Å². The Morgan fingerprint density at radius 3 is 3.00 bits per heavy atom. The number of nitrogens with zero attached hydrogens (tertiary/aromatic N) is 2. The number of hydrazine groups is 1. The first-order chi connectivity index (χ1) is 8.33. The lowest BCUT2D eigenvalue weighted by molar-refractivity contribution is 0.0573. The van der Waals surface area contributed by atoms with Crippen molar-refractivity contribution in [2.45, 2.75) is 25.9 Å². The first kappa shape index (κ1) is 14.1. The predicted octanol–water partition coefficient (Wildman–Crippen LogP) is 0.461. The van der Waals surface area contributed by atoms with Gasteiger partial charge < -0.3 is 9.47 Å². The second-order valence-corrected chi connectivity index (χ2v) is 3.77. The molecule has 6 nitrogen and oxygen atoms in total. The standard InChI is InChI=1S/C11H22N4O2/c1-3-6-15-11(4-5-13-15)10(14-12)9-17-8-7-16-2/h4-5,10,14H,3,6-9,12H2,1-2H3. The van der Waals surface area contributed by atoms with E-state index in [4.69, 9.17) is 15.3 Å². The molecule has 98 valence electrons. The maximum absolute atomic E-state index is 5.54. The van der Waals surface area contributed by atoms with E-state index in [2.05, 4.69) is 17.4 Å². The van der Waals surface area contributed by atoms with Crippen molar-refractivity contribution in [3.8, 4) is 0 Å². The van der Waals surface area contributed by atoms with E-state index in [1.54, 1.807) is 13.3 Å². The van der Waals surface area contributed by atoms with Crippen LogP contribution in [0.1, 0.15) is 25.1 Å². The van der Waals surface area contributed by atoms with Gasteiger partial charge in [-0.1, -0.05) is 6.92 Å². The second-order valence-electron chi connectivity index (χ2n) is 3.77. The topological polar surface area (TPSA) is 74.3 Å². The van der Waals surface area contributed by atoms with Gasteiger partial charge in [0.2, 0.25) is 0 Å². The molecule has 17 heavy (non-hydrogen) atoms. The fourth-order valence-corrected chi connectivity index (χ4v) is 1.60. The molecule has 1 aromatic rings. The van der Waals surface area contributed by atoms with Gasteiger partial charge in [0.1, 0.15) is 0 Å². The van der Waals surface area contributed by atoms with Gasteiger partial charge in [0, 0.05) is 19.9 Å². The maximum Gasteiger partial charge on any atom is 0.0862 e. The molecule has 3 N–H and O–H groups in total. The van der Waals surface area contributed by atoms with E-state index in [0.29, 0.717) is 19.8 Å². The van der Waals surface area contributed by atoms with Crippen LogP contribution < -0.4 is 11.3 Å². The number of aryl methyl sites for hydroxylation is 1. The Balaban J connectivity index is 2.50. The Labute approximate surface area is 102 Å². The highest BCUT2D eigenvalue weighted by Gasteiger charge is 2.14. The van der Waals surface area contributed by atoms with Gasteiger partial charge in [-0.05, 0) is 12.5 Å². The normalized spacial score (nSPS) is 12.9. The molecule has 0 saturated heterocycles. The van der Waals surface area contributed by atoms with Gasteiger partial charge >= 0.3 is 0 Å². The minimum Gasteiger partial charge on any atom is -0.382 e. The molecule has 0 bridgehead atoms. The van der Waals surface area contributed by atoms with Gasteiger partial charge in [-0.2, -0.15) is 5.10 Å². The van der Waals surface area contributed by atoms with Gasteiger partial charge in [0.15, 0.2) is 0 Å². The second kappa shape index (κ2) is 8.19. The Kier molecular flexibility index (Phi) is 6.80. The van der Waals surface area contributed by atoms with Crippen LogP contribution in [0.5, 0.6) is 0 Å². The van der Waals surface area contributed by atoms with Crippen LogP contribution in [0, 0.1) is 0 Å². The zero-order chi connectivity index (χ0) is 12.5. The number of methoxy groups -OCH3 is 1. The Morgan fingerprint density at radius 2 is 2.35 bits per heavy atom. The van der Waals surface area contributed by atoms with E-state index in [1.165, 1.54) is 0 Å². The van der Waals surface area contributed by atoms with E-state index < -0.39 is 0 Å². The molecule has 0 aliphatic heterocycles. The average Bonchev–Trinajstić information content (AvgIpc) is 2.78. The van der Waals surface area contributed by atoms with E-state index in [0.717, 1.165) is 18.7 Å². The number of hydrogen-bond donors (Lipinski definition) is 2. The summed E-state index contributed by atoms with van der Waals surface area (Å²) in [6.07, 6.45) is 2.82. The number of aromatic nitrogens is 2. The van der Waals surface area contributed by atoms with Crippen LogP contribution >= 0.6 is 0 Å². The molecule has 1 rings (SSSR count). The number of ether oxygens (including phenoxy) is 2. The molecule has 0 radical (unpaired) electrons. The largest absolute Gasteiger partial charge is 0.382 e. The summed E-state index contributed by atoms with van der Waals surface area (Å²) in [7, 11) is 1.65. The minimum absolute atomic E-state index is 0.0408. The molecule has 1 unspecified atom stereocenters. The van der Waals surface area contributed by atoms with Crippen LogP contribution in [-0.4, -0.2) is 36.7 Å². The molecule has 1 atom stereocenters. The van der Waals surface area contributed by atoms with Crippen molar-refractivity contribution in [1.29, 1.82) is 0 Å². The van der Waals surface area contributed by atoms with Crippen LogP contribution in [-0.2, 0) is 16.0 Å². The van der Waals surface area contributed by atoms with Crippen molar-refractivity contribution in [1.82, 2.24) is 15.2 Å². The average molecular weight is 242 g/mol. The summed E-state index contributed by atoms with van der Waals surface area (Å²) < 4.78 is 12.3. The summed E-state index contributed by atoms with van der Waals surface area (Å²) in [6, 6.07) is 1.92. The molecule has 0 spiro atoms. The maximum atomic E-state index is 5.54. The summed E-state index contributed by atoms with van der Waals surface area (Å²) in [6.45, 7) is 4.67. The van der Waals surface area contributed by atoms with Gasteiger partial charge in [0.05, 0.1) is 31.6 Å². The van der Waals surface area contributed by atoms with E-state index >= 15 is 0 Å². The number of rotatable bonds is 9. The molecular formula is C11H22N4O2. The third kappa shape index (κ3) is 4.43. The quantitative estimate of drug-likeness (QED) is 0.374. The lowest BCUT2D eigenvalue weighted by Gasteiger charge is -2.17. The molecule has 0 saturated carbocycles. The third-order valence-electron chi connectivity index (χ3n) is 2.46. The summed E-state index contributed by atoms with van der Waals surface area (Å²) in [5.41, 5.74) is 3.80. The first-order valence-corrected chi connectivity index (χ1v) is 5.88. The van der Waals surface area contributed by atoms with Crippen LogP contribution in [0.15, 0.2) is 12.3 Å². The summed E-state index contributed by atoms with van der Waals surface area (Å²) >= 11 is 0. The van der Waals surface area contributed by atoms with E-state index in [1.807, 2.05) is 10.7 Å². The van der Waals surface area contributed by atoms with Gasteiger partial charge in [-0.15, -0.1) is 0 Å². The van der Waals surface area contributed by atoms with Crippen LogP contribution in [0.2, 0.25) is 0 Å². The van der Waals surface area contributed by atoms with Gasteiger partial charge in [-0.25, -0.2) is 5.43 Å². The molecule has 0 amide bonds. The highest BCUT2D eigenvalue weighted by atomic mass is 16.5. The van der Waals surface area contributed by atoms with E-state index in [-0.39, 0.29) is 6.04 Å². The number of hydrogen-bond acceptors (Lipinski definition) is 5. The Morgan fingerprint density at radius 1 is 1.53 bits per heavy atom. The molecule has 1 aromatic heterocycles. The van der Waals surface area contributed by atoms with Crippen LogP contribution in [0.4, 0.5) is 0 Å². The van der Waals surface area contributed by atoms with Gasteiger partial charge in [-0.3, -0.25) is 10.5 Å². The molecule has 6 heteroatoms. The fraction of sp³-hybridized carbons (Fsp3) is 0.727. The molecule has 1 heterocycles. The molecular weight excluding hydrogens is 220 g/mol. The van der Waals surface area contributed by atoms with Crippen LogP contribution in [0.3, 0.4) is 0 Å². The lowest BCUT2D eigenvalue weighted by atomic mass is 10.2. The highest BCUT2D eigenvalue weighted by Crippen LogP contribution is 2.12. The lowest BCUT2D eigenvalue weighted by Crippen LogP contribution is -2.33. The Bertz CT molecular complexity index is 303. The first-order valence-electron chi connectivity index (χ1n) is 5.88. The van der Waals surface area contributed by atoms with Crippen molar-refractivity contribution >= 4 is 0 Å². The summed E-state index contributed by atoms with van der Waals surface area (Å²) in [4.78, 5) is 0. The van der Waals surface area contributed by atoms with E-state index in [9.17, 15) is 0 Å². The zero-order valence-corrected chi connectivity index (χ0v) is 10.6. The smallest absolute Gasteiger partial charge is 0.0862 e. The molecule has 0 aromatic carbocycles. The zero-order valence-electron chi connectivity index (χ0n) is 10.6. The SMILES string of the molecule is CCCn1nccc1C(COCCOC)NN. The number of nitrogens with one attached hydrogen (secondary N) is 1. The summed E-state index contributed by atoms with van der Waals surface area (Å²) in [5, 5.41) is 4.26. The van der Waals surface area contributed by atoms with Crippen molar-refractivity contribution in [2.24, 2.45) is 5.84 Å². The van der Waals surface area contributed by atoms with Crippen molar-refractivity contribution in [3.05, 3.63) is 18.0 Å². The van der Waals surface area contributed by atoms with Crippen LogP contribution in [0.25, 0.3) is 0 Å².